The van der Waals surface area contributed by atoms with Crippen LogP contribution in [0.2, 0.25) is 0 Å². The van der Waals surface area contributed by atoms with E-state index in [-0.39, 0.29) is 29.2 Å². The molecule has 3 rings (SSSR count). The Labute approximate surface area is 243 Å². The van der Waals surface area contributed by atoms with Gasteiger partial charge in [0.15, 0.2) is 0 Å². The number of ether oxygens (including phenoxy) is 1. The van der Waals surface area contributed by atoms with Crippen molar-refractivity contribution in [2.24, 2.45) is 7.05 Å². The molecular weight excluding hydrogens is 528 g/mol. The second-order valence-corrected chi connectivity index (χ2v) is 12.6. The number of anilines is 1. The molecule has 39 heavy (non-hydrogen) atoms. The van der Waals surface area contributed by atoms with Crippen LogP contribution in [0.25, 0.3) is 6.08 Å². The third kappa shape index (κ3) is 7.96. The molecule has 2 aliphatic rings. The quantitative estimate of drug-likeness (QED) is 0.156. The summed E-state index contributed by atoms with van der Waals surface area (Å²) in [5.74, 6) is 0.612. The van der Waals surface area contributed by atoms with Crippen molar-refractivity contribution in [3.05, 3.63) is 31.9 Å². The van der Waals surface area contributed by atoms with Crippen molar-refractivity contribution in [2.75, 3.05) is 24.5 Å². The predicted octanol–water partition coefficient (Wildman–Crippen LogP) is 6.30. The lowest BCUT2D eigenvalue weighted by Gasteiger charge is -2.38. The molecule has 9 heteroatoms. The molecule has 0 N–H and O–H groups in total. The maximum atomic E-state index is 13.4. The highest BCUT2D eigenvalue weighted by Gasteiger charge is 2.33. The summed E-state index contributed by atoms with van der Waals surface area (Å²) in [4.78, 5) is 30.8. The number of pyridine rings is 1. The van der Waals surface area contributed by atoms with Gasteiger partial charge in [0, 0.05) is 32.2 Å². The highest BCUT2D eigenvalue weighted by atomic mass is 32.2. The van der Waals surface area contributed by atoms with Crippen LogP contribution in [0.15, 0.2) is 9.70 Å². The van der Waals surface area contributed by atoms with E-state index in [4.69, 9.17) is 17.0 Å². The maximum absolute atomic E-state index is 13.4. The molecule has 1 aromatic heterocycles. The molecule has 3 heterocycles. The van der Waals surface area contributed by atoms with E-state index < -0.39 is 0 Å². The Hall–Kier alpha value is -2.15. The van der Waals surface area contributed by atoms with Crippen molar-refractivity contribution in [1.82, 2.24) is 9.47 Å². The lowest BCUT2D eigenvalue weighted by Crippen LogP contribution is -2.47. The van der Waals surface area contributed by atoms with Gasteiger partial charge in [0.1, 0.15) is 21.8 Å². The number of nitriles is 1. The number of unbranched alkanes of at least 4 members (excludes halogenated alkanes) is 9. The van der Waals surface area contributed by atoms with E-state index in [2.05, 4.69) is 17.9 Å². The van der Waals surface area contributed by atoms with Crippen molar-refractivity contribution < 1.29 is 9.53 Å². The standard InChI is InChI=1S/C30H44N4O3S2/c1-6-7-8-9-10-11-12-13-14-15-16-34-29(36)26(39-30(34)38)17-24-23(4)25(18-31)28(35)32(5)27(24)33-19-21(2)37-22(3)20-33/h17,21-22H,6-16,19-20H2,1-5H3. The van der Waals surface area contributed by atoms with Gasteiger partial charge in [-0.15, -0.1) is 0 Å². The lowest BCUT2D eigenvalue weighted by atomic mass is 10.0. The number of carbonyl (C=O) groups is 1. The topological polar surface area (TPSA) is 78.6 Å². The Morgan fingerprint density at radius 3 is 2.15 bits per heavy atom. The molecule has 2 saturated heterocycles. The highest BCUT2D eigenvalue weighted by Crippen LogP contribution is 2.36. The number of aromatic nitrogens is 1. The van der Waals surface area contributed by atoms with Crippen LogP contribution in [-0.2, 0) is 16.6 Å². The van der Waals surface area contributed by atoms with E-state index in [1.165, 1.54) is 67.7 Å². The van der Waals surface area contributed by atoms with E-state index in [1.807, 2.05) is 19.9 Å². The van der Waals surface area contributed by atoms with Crippen LogP contribution < -0.4 is 10.5 Å². The number of morpholine rings is 1. The monoisotopic (exact) mass is 572 g/mol. The average Bonchev–Trinajstić information content (AvgIpc) is 3.15. The Morgan fingerprint density at radius 2 is 1.59 bits per heavy atom. The zero-order chi connectivity index (χ0) is 28.5. The fourth-order valence-corrected chi connectivity index (χ4v) is 6.82. The summed E-state index contributed by atoms with van der Waals surface area (Å²) < 4.78 is 8.01. The van der Waals surface area contributed by atoms with Gasteiger partial charge in [0.25, 0.3) is 11.5 Å². The Bertz CT molecular complexity index is 1160. The number of thiocarbonyl (C=S) groups is 1. The van der Waals surface area contributed by atoms with E-state index >= 15 is 0 Å². The summed E-state index contributed by atoms with van der Waals surface area (Å²) in [7, 11) is 1.69. The number of rotatable bonds is 13. The van der Waals surface area contributed by atoms with Gasteiger partial charge in [0.2, 0.25) is 0 Å². The fraction of sp³-hybridized carbons (Fsp3) is 0.667. The van der Waals surface area contributed by atoms with Crippen molar-refractivity contribution in [1.29, 1.82) is 5.26 Å². The first-order chi connectivity index (χ1) is 18.7. The van der Waals surface area contributed by atoms with E-state index in [9.17, 15) is 14.9 Å². The second-order valence-electron chi connectivity index (χ2n) is 10.9. The number of carbonyl (C=O) groups excluding carboxylic acids is 1. The van der Waals surface area contributed by atoms with Crippen LogP contribution in [-0.4, -0.2) is 51.5 Å². The van der Waals surface area contributed by atoms with Gasteiger partial charge in [0.05, 0.1) is 17.1 Å². The Morgan fingerprint density at radius 1 is 1.03 bits per heavy atom. The summed E-state index contributed by atoms with van der Waals surface area (Å²) in [5.41, 5.74) is 1.07. The minimum atomic E-state index is -0.331. The fourth-order valence-electron chi connectivity index (χ4n) is 5.53. The number of nitrogens with zero attached hydrogens (tertiary/aromatic N) is 4. The first-order valence-corrected chi connectivity index (χ1v) is 15.7. The van der Waals surface area contributed by atoms with Gasteiger partial charge >= 0.3 is 0 Å². The smallest absolute Gasteiger partial charge is 0.270 e. The molecule has 7 nitrogen and oxygen atoms in total. The average molecular weight is 573 g/mol. The number of hydrogen-bond donors (Lipinski definition) is 0. The SMILES string of the molecule is CCCCCCCCCCCCN1C(=O)C(=Cc2c(C)c(C#N)c(=O)n(C)c2N2CC(C)OC(C)C2)SC1=S. The molecule has 0 spiro atoms. The van der Waals surface area contributed by atoms with E-state index in [1.54, 1.807) is 18.9 Å². The zero-order valence-corrected chi connectivity index (χ0v) is 25.9. The third-order valence-corrected chi connectivity index (χ3v) is 8.95. The molecule has 0 bridgehead atoms. The molecule has 1 amide bonds. The van der Waals surface area contributed by atoms with E-state index in [0.717, 1.165) is 18.4 Å². The van der Waals surface area contributed by atoms with Crippen LogP contribution in [0.4, 0.5) is 5.82 Å². The van der Waals surface area contributed by atoms with E-state index in [0.29, 0.717) is 40.2 Å². The van der Waals surface area contributed by atoms with Crippen LogP contribution >= 0.6 is 24.0 Å². The lowest BCUT2D eigenvalue weighted by molar-refractivity contribution is -0.122. The van der Waals surface area contributed by atoms with Crippen LogP contribution in [0.5, 0.6) is 0 Å². The molecule has 0 aliphatic carbocycles. The minimum Gasteiger partial charge on any atom is -0.372 e. The van der Waals surface area contributed by atoms with Gasteiger partial charge < -0.3 is 9.64 Å². The summed E-state index contributed by atoms with van der Waals surface area (Å²) in [6, 6.07) is 2.07. The molecule has 1 aromatic rings. The highest BCUT2D eigenvalue weighted by molar-refractivity contribution is 8.26. The molecule has 2 atom stereocenters. The third-order valence-electron chi connectivity index (χ3n) is 7.57. The van der Waals surface area contributed by atoms with Crippen LogP contribution in [0.1, 0.15) is 102 Å². The van der Waals surface area contributed by atoms with Gasteiger partial charge in [-0.1, -0.05) is 88.7 Å². The van der Waals surface area contributed by atoms with Crippen molar-refractivity contribution in [2.45, 2.75) is 104 Å². The molecular formula is C30H44N4O3S2. The Balaban J connectivity index is 1.72. The van der Waals surface area contributed by atoms with Gasteiger partial charge in [-0.3, -0.25) is 19.1 Å². The first kappa shape index (κ1) is 31.4. The summed E-state index contributed by atoms with van der Waals surface area (Å²) in [6.07, 6.45) is 14.2. The molecule has 2 unspecified atom stereocenters. The van der Waals surface area contributed by atoms with Crippen LogP contribution in [0.3, 0.4) is 0 Å². The maximum Gasteiger partial charge on any atom is 0.270 e. The molecule has 0 saturated carbocycles. The second kappa shape index (κ2) is 15.0. The number of amides is 1. The van der Waals surface area contributed by atoms with Crippen LogP contribution in [0, 0.1) is 18.3 Å². The minimum absolute atomic E-state index is 0.00748. The molecule has 0 aromatic carbocycles. The first-order valence-electron chi connectivity index (χ1n) is 14.5. The molecule has 2 aliphatic heterocycles. The summed E-state index contributed by atoms with van der Waals surface area (Å²) in [5, 5.41) is 9.73. The summed E-state index contributed by atoms with van der Waals surface area (Å²) >= 11 is 6.89. The largest absolute Gasteiger partial charge is 0.372 e. The predicted molar refractivity (Wildman–Crippen MR) is 165 cm³/mol. The zero-order valence-electron chi connectivity index (χ0n) is 24.3. The number of hydrogen-bond acceptors (Lipinski definition) is 7. The molecule has 2 fully saturated rings. The summed E-state index contributed by atoms with van der Waals surface area (Å²) in [6.45, 7) is 9.90. The van der Waals surface area contributed by atoms with Gasteiger partial charge in [-0.05, 0) is 38.8 Å². The Kier molecular flexibility index (Phi) is 12.1. The van der Waals surface area contributed by atoms with Crippen molar-refractivity contribution >= 4 is 46.1 Å². The van der Waals surface area contributed by atoms with Crippen molar-refractivity contribution in [3.8, 4) is 6.07 Å². The molecule has 0 radical (unpaired) electrons. The molecule has 214 valence electrons. The van der Waals surface area contributed by atoms with Gasteiger partial charge in [-0.2, -0.15) is 5.26 Å². The number of thioether (sulfide) groups is 1. The normalized spacial score (nSPS) is 20.8. The van der Waals surface area contributed by atoms with Crippen molar-refractivity contribution in [3.63, 3.8) is 0 Å². The van der Waals surface area contributed by atoms with Gasteiger partial charge in [-0.25, -0.2) is 0 Å².